The van der Waals surface area contributed by atoms with Gasteiger partial charge in [0.2, 0.25) is 0 Å². The molecule has 2 heterocycles. The van der Waals surface area contributed by atoms with Gasteiger partial charge in [-0.3, -0.25) is 0 Å². The SMILES string of the molecule is Cc1cc(-c2scnc2C(=O)O)c(C)s1. The summed E-state index contributed by atoms with van der Waals surface area (Å²) in [5, 5.41) is 8.96. The molecule has 2 aromatic heterocycles. The lowest BCUT2D eigenvalue weighted by molar-refractivity contribution is 0.0692. The molecule has 0 unspecified atom stereocenters. The first-order valence-corrected chi connectivity index (χ1v) is 6.03. The largest absolute Gasteiger partial charge is 0.476 e. The van der Waals surface area contributed by atoms with Gasteiger partial charge in [-0.25, -0.2) is 9.78 Å². The van der Waals surface area contributed by atoms with E-state index in [1.165, 1.54) is 16.2 Å². The van der Waals surface area contributed by atoms with Crippen molar-refractivity contribution in [1.29, 1.82) is 0 Å². The average molecular weight is 239 g/mol. The van der Waals surface area contributed by atoms with E-state index >= 15 is 0 Å². The summed E-state index contributed by atoms with van der Waals surface area (Å²) in [4.78, 5) is 17.9. The van der Waals surface area contributed by atoms with Crippen molar-refractivity contribution in [3.05, 3.63) is 27.0 Å². The monoisotopic (exact) mass is 239 g/mol. The van der Waals surface area contributed by atoms with Crippen LogP contribution in [-0.2, 0) is 0 Å². The van der Waals surface area contributed by atoms with Crippen molar-refractivity contribution in [2.45, 2.75) is 13.8 Å². The Kier molecular flexibility index (Phi) is 2.58. The molecular formula is C10H9NO2S2. The predicted molar refractivity (Wildman–Crippen MR) is 61.9 cm³/mol. The Bertz CT molecular complexity index is 513. The van der Waals surface area contributed by atoms with E-state index in [1.54, 1.807) is 16.8 Å². The summed E-state index contributed by atoms with van der Waals surface area (Å²) in [6, 6.07) is 2.01. The molecule has 0 saturated heterocycles. The maximum atomic E-state index is 10.9. The molecule has 0 aromatic carbocycles. The van der Waals surface area contributed by atoms with Gasteiger partial charge >= 0.3 is 5.97 Å². The first-order valence-electron chi connectivity index (χ1n) is 4.33. The van der Waals surface area contributed by atoms with Crippen LogP contribution in [0.25, 0.3) is 10.4 Å². The smallest absolute Gasteiger partial charge is 0.356 e. The minimum atomic E-state index is -0.963. The maximum Gasteiger partial charge on any atom is 0.356 e. The molecule has 0 amide bonds. The lowest BCUT2D eigenvalue weighted by Crippen LogP contribution is -1.98. The molecule has 1 N–H and O–H groups in total. The molecule has 0 bridgehead atoms. The first-order chi connectivity index (χ1) is 7.09. The Hall–Kier alpha value is -1.20. The zero-order chi connectivity index (χ0) is 11.0. The number of carbonyl (C=O) groups is 1. The van der Waals surface area contributed by atoms with Gasteiger partial charge in [0.25, 0.3) is 0 Å². The summed E-state index contributed by atoms with van der Waals surface area (Å²) in [7, 11) is 0. The topological polar surface area (TPSA) is 50.2 Å². The normalized spacial score (nSPS) is 10.5. The van der Waals surface area contributed by atoms with E-state index < -0.39 is 5.97 Å². The molecular weight excluding hydrogens is 230 g/mol. The Morgan fingerprint density at radius 2 is 2.20 bits per heavy atom. The molecule has 78 valence electrons. The maximum absolute atomic E-state index is 10.9. The van der Waals surface area contributed by atoms with E-state index in [9.17, 15) is 4.79 Å². The first kappa shape index (κ1) is 10.3. The third-order valence-corrected chi connectivity index (χ3v) is 3.88. The number of carboxylic acids is 1. The highest BCUT2D eigenvalue weighted by atomic mass is 32.1. The second-order valence-corrected chi connectivity index (χ2v) is 5.48. The summed E-state index contributed by atoms with van der Waals surface area (Å²) in [6.07, 6.45) is 0. The van der Waals surface area contributed by atoms with Crippen molar-refractivity contribution in [2.75, 3.05) is 0 Å². The van der Waals surface area contributed by atoms with Crippen LogP contribution in [0.3, 0.4) is 0 Å². The number of carboxylic acid groups (broad SMARTS) is 1. The third kappa shape index (κ3) is 1.80. The van der Waals surface area contributed by atoms with E-state index in [0.29, 0.717) is 0 Å². The van der Waals surface area contributed by atoms with E-state index in [1.807, 2.05) is 19.9 Å². The van der Waals surface area contributed by atoms with Gasteiger partial charge in [0.05, 0.1) is 10.4 Å². The molecule has 2 rings (SSSR count). The number of aromatic carboxylic acids is 1. The summed E-state index contributed by atoms with van der Waals surface area (Å²) >= 11 is 3.05. The average Bonchev–Trinajstić information content (AvgIpc) is 2.71. The van der Waals surface area contributed by atoms with E-state index in [-0.39, 0.29) is 5.69 Å². The molecule has 2 aromatic rings. The van der Waals surface area contributed by atoms with Crippen LogP contribution in [0, 0.1) is 13.8 Å². The fraction of sp³-hybridized carbons (Fsp3) is 0.200. The zero-order valence-corrected chi connectivity index (χ0v) is 9.91. The molecule has 15 heavy (non-hydrogen) atoms. The molecule has 5 heteroatoms. The van der Waals surface area contributed by atoms with Crippen molar-refractivity contribution >= 4 is 28.6 Å². The Balaban J connectivity index is 2.58. The molecule has 0 fully saturated rings. The van der Waals surface area contributed by atoms with Crippen LogP contribution in [-0.4, -0.2) is 16.1 Å². The van der Waals surface area contributed by atoms with Crippen molar-refractivity contribution in [3.63, 3.8) is 0 Å². The summed E-state index contributed by atoms with van der Waals surface area (Å²) in [5.74, 6) is -0.963. The highest BCUT2D eigenvalue weighted by Gasteiger charge is 2.17. The lowest BCUT2D eigenvalue weighted by Gasteiger charge is -1.96. The molecule has 0 aliphatic heterocycles. The number of nitrogens with zero attached hydrogens (tertiary/aromatic N) is 1. The molecule has 0 atom stereocenters. The van der Waals surface area contributed by atoms with Crippen LogP contribution in [0.4, 0.5) is 0 Å². The minimum absolute atomic E-state index is 0.154. The summed E-state index contributed by atoms with van der Waals surface area (Å²) < 4.78 is 0. The number of rotatable bonds is 2. The summed E-state index contributed by atoms with van der Waals surface area (Å²) in [5.41, 5.74) is 2.73. The Morgan fingerprint density at radius 3 is 2.73 bits per heavy atom. The van der Waals surface area contributed by atoms with Gasteiger partial charge in [0, 0.05) is 15.3 Å². The van der Waals surface area contributed by atoms with Gasteiger partial charge in [-0.15, -0.1) is 22.7 Å². The molecule has 0 aliphatic rings. The van der Waals surface area contributed by atoms with Gasteiger partial charge in [0.1, 0.15) is 0 Å². The van der Waals surface area contributed by atoms with E-state index in [4.69, 9.17) is 5.11 Å². The van der Waals surface area contributed by atoms with Gasteiger partial charge in [-0.2, -0.15) is 0 Å². The predicted octanol–water partition coefficient (Wildman–Crippen LogP) is 3.19. The highest BCUT2D eigenvalue weighted by molar-refractivity contribution is 7.15. The number of aryl methyl sites for hydroxylation is 2. The van der Waals surface area contributed by atoms with Crippen LogP contribution in [0.2, 0.25) is 0 Å². The fourth-order valence-corrected chi connectivity index (χ4v) is 3.30. The van der Waals surface area contributed by atoms with E-state index in [0.717, 1.165) is 15.3 Å². The van der Waals surface area contributed by atoms with Crippen molar-refractivity contribution in [2.24, 2.45) is 0 Å². The van der Waals surface area contributed by atoms with Gasteiger partial charge in [-0.1, -0.05) is 0 Å². The molecule has 0 spiro atoms. The molecule has 3 nitrogen and oxygen atoms in total. The molecule has 0 saturated carbocycles. The number of thiophene rings is 1. The minimum Gasteiger partial charge on any atom is -0.476 e. The van der Waals surface area contributed by atoms with E-state index in [2.05, 4.69) is 4.98 Å². The van der Waals surface area contributed by atoms with Gasteiger partial charge < -0.3 is 5.11 Å². The van der Waals surface area contributed by atoms with Crippen LogP contribution in [0.1, 0.15) is 20.2 Å². The van der Waals surface area contributed by atoms with Crippen LogP contribution in [0.5, 0.6) is 0 Å². The third-order valence-electron chi connectivity index (χ3n) is 2.06. The van der Waals surface area contributed by atoms with Crippen molar-refractivity contribution < 1.29 is 9.90 Å². The van der Waals surface area contributed by atoms with Gasteiger partial charge in [0.15, 0.2) is 5.69 Å². The van der Waals surface area contributed by atoms with Crippen LogP contribution < -0.4 is 0 Å². The summed E-state index contributed by atoms with van der Waals surface area (Å²) in [6.45, 7) is 4.01. The van der Waals surface area contributed by atoms with Crippen LogP contribution >= 0.6 is 22.7 Å². The Labute approximate surface area is 95.0 Å². The number of aromatic nitrogens is 1. The van der Waals surface area contributed by atoms with Gasteiger partial charge in [-0.05, 0) is 19.9 Å². The number of hydrogen-bond acceptors (Lipinski definition) is 4. The van der Waals surface area contributed by atoms with Crippen molar-refractivity contribution in [1.82, 2.24) is 4.98 Å². The fourth-order valence-electron chi connectivity index (χ4n) is 1.45. The number of thiazole rings is 1. The standard InChI is InChI=1S/C10H9NO2S2/c1-5-3-7(6(2)15-5)9-8(10(12)13)11-4-14-9/h3-4H,1-2H3,(H,12,13). The second kappa shape index (κ2) is 3.75. The number of hydrogen-bond donors (Lipinski definition) is 1. The van der Waals surface area contributed by atoms with Crippen molar-refractivity contribution in [3.8, 4) is 10.4 Å². The zero-order valence-electron chi connectivity index (χ0n) is 8.27. The second-order valence-electron chi connectivity index (χ2n) is 3.16. The quantitative estimate of drug-likeness (QED) is 0.875. The van der Waals surface area contributed by atoms with Crippen LogP contribution in [0.15, 0.2) is 11.6 Å². The Morgan fingerprint density at radius 1 is 1.47 bits per heavy atom. The molecule has 0 aliphatic carbocycles. The molecule has 0 radical (unpaired) electrons. The highest BCUT2D eigenvalue weighted by Crippen LogP contribution is 2.35. The lowest BCUT2D eigenvalue weighted by atomic mass is 10.2.